The van der Waals surface area contributed by atoms with Gasteiger partial charge in [-0.05, 0) is 82.7 Å². The number of aryl methyl sites for hydroxylation is 1. The van der Waals surface area contributed by atoms with Gasteiger partial charge in [-0.3, -0.25) is 10.6 Å². The van der Waals surface area contributed by atoms with Gasteiger partial charge in [0.15, 0.2) is 0 Å². The summed E-state index contributed by atoms with van der Waals surface area (Å²) in [6.07, 6.45) is 8.19. The predicted molar refractivity (Wildman–Crippen MR) is 120 cm³/mol. The minimum atomic E-state index is 0.0371. The number of benzene rings is 1. The van der Waals surface area contributed by atoms with Crippen LogP contribution in [0.1, 0.15) is 56.2 Å². The molecular formula is C23H37N5O. The molecule has 5 N–H and O–H groups in total. The van der Waals surface area contributed by atoms with Crippen molar-refractivity contribution in [3.05, 3.63) is 28.8 Å². The number of ether oxygens (including phenoxy) is 1. The van der Waals surface area contributed by atoms with Crippen LogP contribution in [0.4, 0.5) is 5.69 Å². The van der Waals surface area contributed by atoms with Crippen molar-refractivity contribution in [2.24, 2.45) is 0 Å². The Bertz CT molecular complexity index is 762. The maximum atomic E-state index is 6.22. The zero-order valence-corrected chi connectivity index (χ0v) is 18.3. The van der Waals surface area contributed by atoms with E-state index in [2.05, 4.69) is 59.5 Å². The molecule has 1 saturated heterocycles. The Morgan fingerprint density at radius 1 is 1.14 bits per heavy atom. The molecular weight excluding hydrogens is 362 g/mol. The van der Waals surface area contributed by atoms with Crippen molar-refractivity contribution >= 4 is 11.3 Å². The van der Waals surface area contributed by atoms with E-state index in [1.807, 2.05) is 7.05 Å². The van der Waals surface area contributed by atoms with Crippen LogP contribution in [0.3, 0.4) is 0 Å². The third-order valence-electron chi connectivity index (χ3n) is 6.49. The average molecular weight is 400 g/mol. The highest BCUT2D eigenvalue weighted by Gasteiger charge is 2.27. The molecule has 29 heavy (non-hydrogen) atoms. The smallest absolute Gasteiger partial charge is 0.133 e. The molecule has 0 amide bonds. The Labute approximate surface area is 175 Å². The van der Waals surface area contributed by atoms with Crippen molar-refractivity contribution in [1.29, 1.82) is 0 Å². The molecule has 4 atom stereocenters. The molecule has 3 unspecified atom stereocenters. The van der Waals surface area contributed by atoms with Crippen molar-refractivity contribution in [1.82, 2.24) is 21.3 Å². The third-order valence-corrected chi connectivity index (χ3v) is 6.49. The van der Waals surface area contributed by atoms with Crippen molar-refractivity contribution in [3.8, 4) is 5.75 Å². The molecule has 1 fully saturated rings. The van der Waals surface area contributed by atoms with E-state index in [-0.39, 0.29) is 6.29 Å². The second-order valence-electron chi connectivity index (χ2n) is 8.83. The number of fused-ring (bicyclic) bond motifs is 1. The standard InChI is InChI=1S/C23H37N5O/c1-14-7-8-17(9-10-25-14)21-16(3)19(13-18-6-5-11-29-22(18)21)27-23-26-15(2)12-20(24-4)28-23/h9,13-15,20,23-28H,5-8,10-12H2,1-4H3/t14-,15?,20?,23?/m1/s1. The summed E-state index contributed by atoms with van der Waals surface area (Å²) in [5.41, 5.74) is 6.56. The van der Waals surface area contributed by atoms with E-state index in [1.54, 1.807) is 0 Å². The summed E-state index contributed by atoms with van der Waals surface area (Å²) < 4.78 is 6.22. The number of allylic oxidation sites excluding steroid dienone is 1. The summed E-state index contributed by atoms with van der Waals surface area (Å²) in [5, 5.41) is 17.9. The number of hydrogen-bond acceptors (Lipinski definition) is 6. The van der Waals surface area contributed by atoms with Crippen molar-refractivity contribution in [3.63, 3.8) is 0 Å². The first-order chi connectivity index (χ1) is 14.0. The summed E-state index contributed by atoms with van der Waals surface area (Å²) in [6.45, 7) is 8.49. The van der Waals surface area contributed by atoms with Crippen molar-refractivity contribution in [2.75, 3.05) is 25.5 Å². The van der Waals surface area contributed by atoms with Gasteiger partial charge in [0.25, 0.3) is 0 Å². The maximum absolute atomic E-state index is 6.22. The minimum absolute atomic E-state index is 0.0371. The molecule has 0 bridgehead atoms. The van der Waals surface area contributed by atoms with Crippen LogP contribution in [0.25, 0.3) is 5.57 Å². The fraction of sp³-hybridized carbons (Fsp3) is 0.652. The monoisotopic (exact) mass is 399 g/mol. The summed E-state index contributed by atoms with van der Waals surface area (Å²) >= 11 is 0. The topological polar surface area (TPSA) is 69.4 Å². The number of rotatable bonds is 4. The quantitative estimate of drug-likeness (QED) is 0.536. The van der Waals surface area contributed by atoms with Gasteiger partial charge in [-0.1, -0.05) is 6.08 Å². The van der Waals surface area contributed by atoms with E-state index in [0.29, 0.717) is 18.2 Å². The normalized spacial score (nSPS) is 30.0. The molecule has 3 aliphatic rings. The minimum Gasteiger partial charge on any atom is -0.493 e. The largest absolute Gasteiger partial charge is 0.493 e. The van der Waals surface area contributed by atoms with Crippen LogP contribution in [0.15, 0.2) is 12.1 Å². The van der Waals surface area contributed by atoms with Crippen molar-refractivity contribution in [2.45, 2.75) is 77.4 Å². The lowest BCUT2D eigenvalue weighted by Crippen LogP contribution is -2.63. The number of nitrogens with one attached hydrogen (secondary N) is 5. The highest BCUT2D eigenvalue weighted by molar-refractivity contribution is 5.80. The first kappa shape index (κ1) is 20.7. The molecule has 3 heterocycles. The van der Waals surface area contributed by atoms with E-state index in [0.717, 1.165) is 51.0 Å². The van der Waals surface area contributed by atoms with Crippen LogP contribution in [0.5, 0.6) is 5.75 Å². The molecule has 1 aromatic carbocycles. The maximum Gasteiger partial charge on any atom is 0.133 e. The molecule has 4 rings (SSSR count). The van der Waals surface area contributed by atoms with Crippen LogP contribution < -0.4 is 31.3 Å². The van der Waals surface area contributed by atoms with Gasteiger partial charge in [0.05, 0.1) is 12.8 Å². The van der Waals surface area contributed by atoms with E-state index in [1.165, 1.54) is 28.0 Å². The second kappa shape index (κ2) is 9.04. The first-order valence-corrected chi connectivity index (χ1v) is 11.2. The van der Waals surface area contributed by atoms with Crippen LogP contribution in [0, 0.1) is 6.92 Å². The Balaban J connectivity index is 1.67. The zero-order chi connectivity index (χ0) is 20.4. The van der Waals surface area contributed by atoms with Gasteiger partial charge in [0.1, 0.15) is 12.0 Å². The lowest BCUT2D eigenvalue weighted by molar-refractivity contribution is 0.249. The predicted octanol–water partition coefficient (Wildman–Crippen LogP) is 2.69. The van der Waals surface area contributed by atoms with Gasteiger partial charge < -0.3 is 20.7 Å². The third kappa shape index (κ3) is 4.61. The van der Waals surface area contributed by atoms with Gasteiger partial charge in [-0.2, -0.15) is 0 Å². The van der Waals surface area contributed by atoms with Crippen LogP contribution in [-0.2, 0) is 6.42 Å². The Morgan fingerprint density at radius 2 is 2.00 bits per heavy atom. The lowest BCUT2D eigenvalue weighted by atomic mass is 9.89. The van der Waals surface area contributed by atoms with E-state index < -0.39 is 0 Å². The first-order valence-electron chi connectivity index (χ1n) is 11.2. The Kier molecular flexibility index (Phi) is 6.44. The van der Waals surface area contributed by atoms with Gasteiger partial charge in [-0.15, -0.1) is 0 Å². The lowest BCUT2D eigenvalue weighted by Gasteiger charge is -2.37. The van der Waals surface area contributed by atoms with Gasteiger partial charge in [0, 0.05) is 29.9 Å². The van der Waals surface area contributed by atoms with Crippen LogP contribution in [-0.4, -0.2) is 44.7 Å². The highest BCUT2D eigenvalue weighted by Crippen LogP contribution is 2.41. The molecule has 0 aromatic heterocycles. The summed E-state index contributed by atoms with van der Waals surface area (Å²) in [6, 6.07) is 3.31. The molecule has 0 aliphatic carbocycles. The highest BCUT2D eigenvalue weighted by atomic mass is 16.5. The molecule has 6 heteroatoms. The molecule has 1 aromatic rings. The van der Waals surface area contributed by atoms with Gasteiger partial charge >= 0.3 is 0 Å². The molecule has 0 saturated carbocycles. The number of hydrogen-bond donors (Lipinski definition) is 5. The molecule has 160 valence electrons. The Hall–Kier alpha value is -1.60. The molecule has 0 spiro atoms. The second-order valence-corrected chi connectivity index (χ2v) is 8.83. The fourth-order valence-corrected chi connectivity index (χ4v) is 4.79. The summed E-state index contributed by atoms with van der Waals surface area (Å²) in [7, 11) is 2.01. The van der Waals surface area contributed by atoms with E-state index in [9.17, 15) is 0 Å². The Morgan fingerprint density at radius 3 is 2.83 bits per heavy atom. The van der Waals surface area contributed by atoms with E-state index in [4.69, 9.17) is 4.74 Å². The average Bonchev–Trinajstić information content (AvgIpc) is 2.92. The van der Waals surface area contributed by atoms with Crippen LogP contribution >= 0.6 is 0 Å². The summed E-state index contributed by atoms with van der Waals surface area (Å²) in [5.74, 6) is 1.12. The SMILES string of the molecule is CNC1CC(C)NC(Nc2cc3c(c(C4=CCN[C@H](C)CC4)c2C)OCCC3)N1. The zero-order valence-electron chi connectivity index (χ0n) is 18.3. The molecule has 0 radical (unpaired) electrons. The number of anilines is 1. The summed E-state index contributed by atoms with van der Waals surface area (Å²) in [4.78, 5) is 0. The van der Waals surface area contributed by atoms with Crippen molar-refractivity contribution < 1.29 is 4.74 Å². The molecule has 3 aliphatic heterocycles. The fourth-order valence-electron chi connectivity index (χ4n) is 4.79. The van der Waals surface area contributed by atoms with Gasteiger partial charge in [0.2, 0.25) is 0 Å². The van der Waals surface area contributed by atoms with Crippen LogP contribution in [0.2, 0.25) is 0 Å². The van der Waals surface area contributed by atoms with Gasteiger partial charge in [-0.25, -0.2) is 0 Å². The van der Waals surface area contributed by atoms with E-state index >= 15 is 0 Å². The molecule has 6 nitrogen and oxygen atoms in total.